The molecule has 5 heteroatoms. The molecule has 1 aliphatic rings. The lowest BCUT2D eigenvalue weighted by Crippen LogP contribution is -2.58. The quantitative estimate of drug-likeness (QED) is 0.720. The molecular weight excluding hydrogens is 242 g/mol. The van der Waals surface area contributed by atoms with Crippen LogP contribution < -0.4 is 16.4 Å². The van der Waals surface area contributed by atoms with Gasteiger partial charge >= 0.3 is 0 Å². The minimum Gasteiger partial charge on any atom is -0.368 e. The van der Waals surface area contributed by atoms with E-state index in [1.54, 1.807) is 13.8 Å². The van der Waals surface area contributed by atoms with E-state index in [9.17, 15) is 9.59 Å². The highest BCUT2D eigenvalue weighted by molar-refractivity contribution is 5.91. The third-order valence-corrected chi connectivity index (χ3v) is 3.45. The van der Waals surface area contributed by atoms with Gasteiger partial charge in [-0.15, -0.1) is 0 Å². The van der Waals surface area contributed by atoms with Crippen molar-refractivity contribution in [1.82, 2.24) is 10.6 Å². The summed E-state index contributed by atoms with van der Waals surface area (Å²) in [6.45, 7) is 3.86. The molecule has 0 radical (unpaired) electrons. The minimum absolute atomic E-state index is 0.196. The molecule has 0 fully saturated rings. The molecule has 0 aliphatic carbocycles. The van der Waals surface area contributed by atoms with E-state index in [1.165, 1.54) is 11.1 Å². The highest BCUT2D eigenvalue weighted by Gasteiger charge is 2.31. The SMILES string of the molecule is CC(C)(NC(=O)[C@H]1Cc2ccccc2CN1)C(N)=O. The van der Waals surface area contributed by atoms with Gasteiger partial charge < -0.3 is 16.4 Å². The van der Waals surface area contributed by atoms with Crippen LogP contribution in [0.4, 0.5) is 0 Å². The van der Waals surface area contributed by atoms with Crippen LogP contribution in [0.5, 0.6) is 0 Å². The lowest BCUT2D eigenvalue weighted by molar-refractivity contribution is -0.131. The molecule has 0 spiro atoms. The molecule has 0 saturated heterocycles. The maximum absolute atomic E-state index is 12.1. The van der Waals surface area contributed by atoms with E-state index >= 15 is 0 Å². The van der Waals surface area contributed by atoms with Crippen molar-refractivity contribution in [3.05, 3.63) is 35.4 Å². The molecule has 5 nitrogen and oxygen atoms in total. The molecule has 0 bridgehead atoms. The summed E-state index contributed by atoms with van der Waals surface area (Å²) >= 11 is 0. The fourth-order valence-corrected chi connectivity index (χ4v) is 2.10. The standard InChI is InChI=1S/C14H19N3O2/c1-14(2,13(15)19)17-12(18)11-7-9-5-3-4-6-10(9)8-16-11/h3-6,11,16H,7-8H2,1-2H3,(H2,15,19)(H,17,18)/t11-/m1/s1. The predicted octanol–water partition coefficient (Wildman–Crippen LogP) is 0.0810. The van der Waals surface area contributed by atoms with E-state index in [-0.39, 0.29) is 11.9 Å². The number of amides is 2. The number of hydrogen-bond donors (Lipinski definition) is 3. The van der Waals surface area contributed by atoms with Gasteiger partial charge in [0.25, 0.3) is 0 Å². The predicted molar refractivity (Wildman–Crippen MR) is 72.2 cm³/mol. The topological polar surface area (TPSA) is 84.2 Å². The van der Waals surface area contributed by atoms with Crippen molar-refractivity contribution in [2.45, 2.75) is 38.4 Å². The molecule has 0 aromatic heterocycles. The van der Waals surface area contributed by atoms with Crippen molar-refractivity contribution >= 4 is 11.8 Å². The van der Waals surface area contributed by atoms with Crippen LogP contribution in [0.25, 0.3) is 0 Å². The third-order valence-electron chi connectivity index (χ3n) is 3.45. The molecule has 1 aromatic rings. The summed E-state index contributed by atoms with van der Waals surface area (Å²) < 4.78 is 0. The van der Waals surface area contributed by atoms with Gasteiger partial charge in [-0.2, -0.15) is 0 Å². The van der Waals surface area contributed by atoms with E-state index in [1.807, 2.05) is 24.3 Å². The molecule has 0 unspecified atom stereocenters. The largest absolute Gasteiger partial charge is 0.368 e. The van der Waals surface area contributed by atoms with Gasteiger partial charge in [-0.05, 0) is 31.4 Å². The van der Waals surface area contributed by atoms with Gasteiger partial charge in [0.1, 0.15) is 5.54 Å². The van der Waals surface area contributed by atoms with Crippen molar-refractivity contribution in [3.63, 3.8) is 0 Å². The Balaban J connectivity index is 2.05. The van der Waals surface area contributed by atoms with Crippen LogP contribution in [0.15, 0.2) is 24.3 Å². The fourth-order valence-electron chi connectivity index (χ4n) is 2.10. The Kier molecular flexibility index (Phi) is 3.57. The molecule has 1 aromatic carbocycles. The molecule has 4 N–H and O–H groups in total. The van der Waals surface area contributed by atoms with Crippen molar-refractivity contribution < 1.29 is 9.59 Å². The average molecular weight is 261 g/mol. The Morgan fingerprint density at radius 3 is 2.58 bits per heavy atom. The lowest BCUT2D eigenvalue weighted by atomic mass is 9.94. The van der Waals surface area contributed by atoms with Crippen LogP contribution in [-0.2, 0) is 22.6 Å². The zero-order valence-electron chi connectivity index (χ0n) is 11.2. The Morgan fingerprint density at radius 1 is 1.32 bits per heavy atom. The van der Waals surface area contributed by atoms with E-state index in [0.717, 1.165) is 0 Å². The van der Waals surface area contributed by atoms with Gasteiger partial charge in [-0.25, -0.2) is 0 Å². The highest BCUT2D eigenvalue weighted by atomic mass is 16.2. The zero-order valence-corrected chi connectivity index (χ0v) is 11.2. The van der Waals surface area contributed by atoms with Crippen LogP contribution in [0, 0.1) is 0 Å². The number of nitrogens with two attached hydrogens (primary N) is 1. The monoisotopic (exact) mass is 261 g/mol. The number of primary amides is 1. The molecule has 2 amide bonds. The number of carbonyl (C=O) groups is 2. The number of hydrogen-bond acceptors (Lipinski definition) is 3. The molecular formula is C14H19N3O2. The minimum atomic E-state index is -1.03. The molecule has 0 saturated carbocycles. The maximum atomic E-state index is 12.1. The maximum Gasteiger partial charge on any atom is 0.242 e. The van der Waals surface area contributed by atoms with Crippen LogP contribution in [-0.4, -0.2) is 23.4 Å². The van der Waals surface area contributed by atoms with Gasteiger partial charge in [0.15, 0.2) is 0 Å². The Bertz CT molecular complexity index is 511. The molecule has 2 rings (SSSR count). The van der Waals surface area contributed by atoms with Crippen LogP contribution in [0.2, 0.25) is 0 Å². The van der Waals surface area contributed by atoms with E-state index in [4.69, 9.17) is 5.73 Å². The Morgan fingerprint density at radius 2 is 1.95 bits per heavy atom. The molecule has 1 aliphatic heterocycles. The van der Waals surface area contributed by atoms with E-state index < -0.39 is 11.4 Å². The van der Waals surface area contributed by atoms with Gasteiger partial charge in [0.2, 0.25) is 11.8 Å². The number of benzene rings is 1. The number of rotatable bonds is 3. The third kappa shape index (κ3) is 2.93. The van der Waals surface area contributed by atoms with Gasteiger partial charge in [-0.1, -0.05) is 24.3 Å². The van der Waals surface area contributed by atoms with Crippen molar-refractivity contribution in [2.24, 2.45) is 5.73 Å². The first kappa shape index (κ1) is 13.5. The summed E-state index contributed by atoms with van der Waals surface area (Å²) in [4.78, 5) is 23.4. The molecule has 1 heterocycles. The van der Waals surface area contributed by atoms with Crippen molar-refractivity contribution in [2.75, 3.05) is 0 Å². The normalized spacial score (nSPS) is 18.5. The Hall–Kier alpha value is -1.88. The van der Waals surface area contributed by atoms with Crippen molar-refractivity contribution in [1.29, 1.82) is 0 Å². The first-order chi connectivity index (χ1) is 8.90. The summed E-state index contributed by atoms with van der Waals surface area (Å²) in [5, 5.41) is 5.85. The summed E-state index contributed by atoms with van der Waals surface area (Å²) in [5.41, 5.74) is 6.59. The fraction of sp³-hybridized carbons (Fsp3) is 0.429. The van der Waals surface area contributed by atoms with E-state index in [0.29, 0.717) is 13.0 Å². The first-order valence-corrected chi connectivity index (χ1v) is 6.32. The van der Waals surface area contributed by atoms with Crippen molar-refractivity contribution in [3.8, 4) is 0 Å². The summed E-state index contributed by atoms with van der Waals surface area (Å²) in [7, 11) is 0. The average Bonchev–Trinajstić information content (AvgIpc) is 2.37. The van der Waals surface area contributed by atoms with Gasteiger partial charge in [-0.3, -0.25) is 9.59 Å². The molecule has 19 heavy (non-hydrogen) atoms. The highest BCUT2D eigenvalue weighted by Crippen LogP contribution is 2.16. The second-order valence-corrected chi connectivity index (χ2v) is 5.38. The zero-order chi connectivity index (χ0) is 14.0. The summed E-state index contributed by atoms with van der Waals surface area (Å²) in [6, 6.07) is 7.69. The summed E-state index contributed by atoms with van der Waals surface area (Å²) in [5.74, 6) is -0.740. The lowest BCUT2D eigenvalue weighted by Gasteiger charge is -2.29. The summed E-state index contributed by atoms with van der Waals surface area (Å²) in [6.07, 6.45) is 0.622. The van der Waals surface area contributed by atoms with Gasteiger partial charge in [0, 0.05) is 6.54 Å². The molecule has 102 valence electrons. The van der Waals surface area contributed by atoms with E-state index in [2.05, 4.69) is 10.6 Å². The number of nitrogens with one attached hydrogen (secondary N) is 2. The number of fused-ring (bicyclic) bond motifs is 1. The first-order valence-electron chi connectivity index (χ1n) is 6.32. The smallest absolute Gasteiger partial charge is 0.242 e. The molecule has 1 atom stereocenters. The number of carbonyl (C=O) groups excluding carboxylic acids is 2. The second kappa shape index (κ2) is 5.01. The Labute approximate surface area is 112 Å². The second-order valence-electron chi connectivity index (χ2n) is 5.38. The van der Waals surface area contributed by atoms with Crippen LogP contribution >= 0.6 is 0 Å². The van der Waals surface area contributed by atoms with Gasteiger partial charge in [0.05, 0.1) is 6.04 Å². The van der Waals surface area contributed by atoms with Crippen LogP contribution in [0.1, 0.15) is 25.0 Å². The van der Waals surface area contributed by atoms with Crippen LogP contribution in [0.3, 0.4) is 0 Å².